The molecule has 0 radical (unpaired) electrons. The topological polar surface area (TPSA) is 63.3 Å². The van der Waals surface area contributed by atoms with Gasteiger partial charge in [-0.15, -0.1) is 0 Å². The van der Waals surface area contributed by atoms with Crippen LogP contribution in [0.5, 0.6) is 0 Å². The number of hydrogen-bond donors (Lipinski definition) is 2. The summed E-state index contributed by atoms with van der Waals surface area (Å²) in [5.74, 6) is -2.39. The van der Waals surface area contributed by atoms with Crippen LogP contribution in [-0.4, -0.2) is 17.1 Å². The number of carboxylic acids is 1. The number of carbonyl (C=O) groups is 1. The summed E-state index contributed by atoms with van der Waals surface area (Å²) >= 11 is 0. The molecule has 0 fully saturated rings. The molecule has 0 aliphatic heterocycles. The maximum atomic E-state index is 14.3. The molecule has 0 heterocycles. The second kappa shape index (κ2) is 5.79. The third-order valence-electron chi connectivity index (χ3n) is 3.00. The van der Waals surface area contributed by atoms with Gasteiger partial charge in [0.15, 0.2) is 0 Å². The highest BCUT2D eigenvalue weighted by molar-refractivity contribution is 5.74. The van der Waals surface area contributed by atoms with Crippen molar-refractivity contribution in [3.8, 4) is 11.1 Å². The van der Waals surface area contributed by atoms with Crippen LogP contribution in [0.25, 0.3) is 11.1 Å². The zero-order chi connectivity index (χ0) is 14.7. The highest BCUT2D eigenvalue weighted by atomic mass is 19.1. The van der Waals surface area contributed by atoms with Gasteiger partial charge < -0.3 is 10.8 Å². The first-order valence-corrected chi connectivity index (χ1v) is 6.01. The van der Waals surface area contributed by atoms with Crippen LogP contribution in [-0.2, 0) is 11.2 Å². The third-order valence-corrected chi connectivity index (χ3v) is 3.00. The van der Waals surface area contributed by atoms with E-state index in [1.54, 1.807) is 12.1 Å². The second-order valence-electron chi connectivity index (χ2n) is 4.41. The Bertz CT molecular complexity index is 644. The molecule has 0 saturated carbocycles. The number of benzene rings is 2. The van der Waals surface area contributed by atoms with Gasteiger partial charge in [0, 0.05) is 17.5 Å². The molecule has 0 bridgehead atoms. The van der Waals surface area contributed by atoms with Gasteiger partial charge in [-0.05, 0) is 11.6 Å². The van der Waals surface area contributed by atoms with Gasteiger partial charge in [-0.1, -0.05) is 36.4 Å². The first-order valence-electron chi connectivity index (χ1n) is 6.01. The van der Waals surface area contributed by atoms with Crippen LogP contribution < -0.4 is 5.73 Å². The summed E-state index contributed by atoms with van der Waals surface area (Å²) in [7, 11) is 0. The van der Waals surface area contributed by atoms with Gasteiger partial charge in [0.2, 0.25) is 0 Å². The molecule has 0 aromatic heterocycles. The van der Waals surface area contributed by atoms with Crippen LogP contribution in [0, 0.1) is 11.6 Å². The largest absolute Gasteiger partial charge is 0.480 e. The standard InChI is InChI=1S/C15H13F2NO2/c16-12-7-2-1-5-10(12)11-6-3-4-9(14(11)17)8-13(18)15(19)20/h1-7,13H,8,18H2,(H,19,20)/t13-/m0/s1. The summed E-state index contributed by atoms with van der Waals surface area (Å²) in [6, 6.07) is 9.08. The predicted octanol–water partition coefficient (Wildman–Crippen LogP) is 2.59. The lowest BCUT2D eigenvalue weighted by Crippen LogP contribution is -2.32. The van der Waals surface area contributed by atoms with E-state index in [1.807, 2.05) is 0 Å². The Morgan fingerprint density at radius 1 is 1.10 bits per heavy atom. The summed E-state index contributed by atoms with van der Waals surface area (Å²) < 4.78 is 28.0. The van der Waals surface area contributed by atoms with E-state index < -0.39 is 23.6 Å². The molecule has 0 saturated heterocycles. The molecule has 0 aliphatic rings. The van der Waals surface area contributed by atoms with Gasteiger partial charge in [0.1, 0.15) is 17.7 Å². The van der Waals surface area contributed by atoms with E-state index in [0.29, 0.717) is 0 Å². The molecule has 0 unspecified atom stereocenters. The van der Waals surface area contributed by atoms with Crippen molar-refractivity contribution in [1.29, 1.82) is 0 Å². The quantitative estimate of drug-likeness (QED) is 0.902. The fourth-order valence-electron chi connectivity index (χ4n) is 1.95. The van der Waals surface area contributed by atoms with Crippen molar-refractivity contribution >= 4 is 5.97 Å². The molecular weight excluding hydrogens is 264 g/mol. The molecule has 0 aliphatic carbocycles. The lowest BCUT2D eigenvalue weighted by atomic mass is 9.98. The Kier molecular flexibility index (Phi) is 4.10. The molecule has 20 heavy (non-hydrogen) atoms. The Morgan fingerprint density at radius 2 is 1.75 bits per heavy atom. The minimum absolute atomic E-state index is 0.0955. The van der Waals surface area contributed by atoms with Crippen molar-refractivity contribution in [3.05, 3.63) is 59.7 Å². The Balaban J connectivity index is 2.43. The average molecular weight is 277 g/mol. The van der Waals surface area contributed by atoms with E-state index in [9.17, 15) is 13.6 Å². The molecule has 104 valence electrons. The number of carboxylic acid groups (broad SMARTS) is 1. The van der Waals surface area contributed by atoms with E-state index >= 15 is 0 Å². The van der Waals surface area contributed by atoms with Crippen molar-refractivity contribution in [2.75, 3.05) is 0 Å². The van der Waals surface area contributed by atoms with Gasteiger partial charge in [0.05, 0.1) is 0 Å². The Labute approximate surface area is 114 Å². The van der Waals surface area contributed by atoms with Crippen molar-refractivity contribution in [2.24, 2.45) is 5.73 Å². The van der Waals surface area contributed by atoms with E-state index in [1.165, 1.54) is 30.3 Å². The monoisotopic (exact) mass is 277 g/mol. The highest BCUT2D eigenvalue weighted by Gasteiger charge is 2.18. The van der Waals surface area contributed by atoms with Gasteiger partial charge >= 0.3 is 5.97 Å². The molecule has 2 aromatic carbocycles. The van der Waals surface area contributed by atoms with Crippen LogP contribution >= 0.6 is 0 Å². The van der Waals surface area contributed by atoms with E-state index in [-0.39, 0.29) is 23.1 Å². The normalized spacial score (nSPS) is 12.2. The molecule has 2 rings (SSSR count). The highest BCUT2D eigenvalue weighted by Crippen LogP contribution is 2.27. The van der Waals surface area contributed by atoms with Crippen LogP contribution in [0.2, 0.25) is 0 Å². The lowest BCUT2D eigenvalue weighted by Gasteiger charge is -2.11. The van der Waals surface area contributed by atoms with Gasteiger partial charge in [-0.25, -0.2) is 8.78 Å². The smallest absolute Gasteiger partial charge is 0.320 e. The summed E-state index contributed by atoms with van der Waals surface area (Å²) in [5.41, 5.74) is 5.78. The van der Waals surface area contributed by atoms with Crippen molar-refractivity contribution in [3.63, 3.8) is 0 Å². The summed E-state index contributed by atoms with van der Waals surface area (Å²) in [6.45, 7) is 0. The van der Waals surface area contributed by atoms with Crippen molar-refractivity contribution in [2.45, 2.75) is 12.5 Å². The summed E-state index contributed by atoms with van der Waals surface area (Å²) in [5, 5.41) is 8.76. The Morgan fingerprint density at radius 3 is 2.40 bits per heavy atom. The minimum Gasteiger partial charge on any atom is -0.480 e. The number of hydrogen-bond acceptors (Lipinski definition) is 2. The van der Waals surface area contributed by atoms with Crippen LogP contribution in [0.4, 0.5) is 8.78 Å². The van der Waals surface area contributed by atoms with Gasteiger partial charge in [0.25, 0.3) is 0 Å². The van der Waals surface area contributed by atoms with Gasteiger partial charge in [-0.3, -0.25) is 4.79 Å². The first-order chi connectivity index (χ1) is 9.50. The fraction of sp³-hybridized carbons (Fsp3) is 0.133. The number of aliphatic carboxylic acids is 1. The maximum absolute atomic E-state index is 14.3. The van der Waals surface area contributed by atoms with Crippen LogP contribution in [0.3, 0.4) is 0 Å². The molecule has 3 nitrogen and oxygen atoms in total. The molecule has 3 N–H and O–H groups in total. The first kappa shape index (κ1) is 14.1. The van der Waals surface area contributed by atoms with E-state index in [0.717, 1.165) is 0 Å². The Hall–Kier alpha value is -2.27. The number of halogens is 2. The average Bonchev–Trinajstić information content (AvgIpc) is 2.42. The zero-order valence-corrected chi connectivity index (χ0v) is 10.5. The molecule has 5 heteroatoms. The molecule has 2 aromatic rings. The summed E-state index contributed by atoms with van der Waals surface area (Å²) in [4.78, 5) is 10.7. The number of nitrogens with two attached hydrogens (primary N) is 1. The van der Waals surface area contributed by atoms with Crippen LogP contribution in [0.1, 0.15) is 5.56 Å². The second-order valence-corrected chi connectivity index (χ2v) is 4.41. The predicted molar refractivity (Wildman–Crippen MR) is 71.1 cm³/mol. The molecule has 1 atom stereocenters. The SMILES string of the molecule is N[C@@H](Cc1cccc(-c2ccccc2F)c1F)C(=O)O. The van der Waals surface area contributed by atoms with E-state index in [4.69, 9.17) is 10.8 Å². The fourth-order valence-corrected chi connectivity index (χ4v) is 1.95. The van der Waals surface area contributed by atoms with Crippen LogP contribution in [0.15, 0.2) is 42.5 Å². The molecule has 0 amide bonds. The minimum atomic E-state index is -1.21. The third kappa shape index (κ3) is 2.83. The molecular formula is C15H13F2NO2. The number of rotatable bonds is 4. The van der Waals surface area contributed by atoms with Gasteiger partial charge in [-0.2, -0.15) is 0 Å². The molecule has 0 spiro atoms. The zero-order valence-electron chi connectivity index (χ0n) is 10.5. The van der Waals surface area contributed by atoms with Crippen molar-refractivity contribution < 1.29 is 18.7 Å². The lowest BCUT2D eigenvalue weighted by molar-refractivity contribution is -0.138. The van der Waals surface area contributed by atoms with E-state index in [2.05, 4.69) is 0 Å². The maximum Gasteiger partial charge on any atom is 0.320 e. The summed E-state index contributed by atoms with van der Waals surface area (Å²) in [6.07, 6.45) is -0.149. The van der Waals surface area contributed by atoms with Crippen molar-refractivity contribution in [1.82, 2.24) is 0 Å².